The Labute approximate surface area is 199 Å². The van der Waals surface area contributed by atoms with Crippen LogP contribution in [0.4, 0.5) is 0 Å². The third-order valence-corrected chi connectivity index (χ3v) is 6.40. The van der Waals surface area contributed by atoms with Crippen molar-refractivity contribution >= 4 is 35.8 Å². The highest BCUT2D eigenvalue weighted by Gasteiger charge is 2.30. The van der Waals surface area contributed by atoms with Crippen molar-refractivity contribution in [3.8, 4) is 0 Å². The fourth-order valence-electron chi connectivity index (χ4n) is 4.44. The van der Waals surface area contributed by atoms with Crippen LogP contribution in [0.25, 0.3) is 0 Å². The first kappa shape index (κ1) is 25.6. The number of unbranched alkanes of at least 4 members (excludes halogenated alkanes) is 1. The topological polar surface area (TPSA) is 63.7 Å². The number of halogens is 1. The Morgan fingerprint density at radius 3 is 2.27 bits per heavy atom. The van der Waals surface area contributed by atoms with E-state index in [0.717, 1.165) is 64.6 Å². The monoisotopic (exact) mass is 536 g/mol. The highest BCUT2D eigenvalue weighted by Crippen LogP contribution is 2.16. The predicted octanol–water partition coefficient (Wildman–Crippen LogP) is 0.921. The highest BCUT2D eigenvalue weighted by molar-refractivity contribution is 14.0. The van der Waals surface area contributed by atoms with Crippen LogP contribution in [0.5, 0.6) is 0 Å². The van der Waals surface area contributed by atoms with Gasteiger partial charge in [-0.25, -0.2) is 0 Å². The lowest BCUT2D eigenvalue weighted by molar-refractivity contribution is -0.142. The molecule has 3 heterocycles. The van der Waals surface area contributed by atoms with E-state index >= 15 is 0 Å². The number of hydrogen-bond donors (Lipinski definition) is 1. The van der Waals surface area contributed by atoms with Gasteiger partial charge in [0.1, 0.15) is 6.10 Å². The van der Waals surface area contributed by atoms with Gasteiger partial charge >= 0.3 is 0 Å². The lowest BCUT2D eigenvalue weighted by Gasteiger charge is -2.37. The predicted molar refractivity (Wildman–Crippen MR) is 132 cm³/mol. The molecule has 174 valence electrons. The van der Waals surface area contributed by atoms with E-state index in [1.165, 1.54) is 45.7 Å². The third-order valence-electron chi connectivity index (χ3n) is 6.40. The SMILES string of the molecule is CCN1CCN(CCCCNC(=NC)N2CCN(C(=O)C3CCCO3)CC2)CC1.I. The molecule has 1 unspecified atom stereocenters. The van der Waals surface area contributed by atoms with Crippen molar-refractivity contribution in [1.29, 1.82) is 0 Å². The highest BCUT2D eigenvalue weighted by atomic mass is 127. The van der Waals surface area contributed by atoms with Gasteiger partial charge in [0.15, 0.2) is 5.96 Å². The maximum absolute atomic E-state index is 12.5. The van der Waals surface area contributed by atoms with E-state index in [2.05, 4.69) is 31.9 Å². The molecule has 0 radical (unpaired) electrons. The van der Waals surface area contributed by atoms with Gasteiger partial charge in [0.25, 0.3) is 5.91 Å². The molecule has 9 heteroatoms. The van der Waals surface area contributed by atoms with Crippen molar-refractivity contribution in [2.24, 2.45) is 4.99 Å². The number of carbonyl (C=O) groups is 1. The Hall–Kier alpha value is -0.650. The van der Waals surface area contributed by atoms with Gasteiger partial charge in [-0.3, -0.25) is 9.79 Å². The molecule has 8 nitrogen and oxygen atoms in total. The summed E-state index contributed by atoms with van der Waals surface area (Å²) in [5, 5.41) is 3.51. The Kier molecular flexibility index (Phi) is 11.7. The first-order valence-electron chi connectivity index (χ1n) is 11.5. The quantitative estimate of drug-likeness (QED) is 0.226. The second-order valence-electron chi connectivity index (χ2n) is 8.27. The molecule has 0 aromatic carbocycles. The normalized spacial score (nSPS) is 24.1. The van der Waals surface area contributed by atoms with Crippen LogP contribution in [0, 0.1) is 0 Å². The van der Waals surface area contributed by atoms with E-state index < -0.39 is 0 Å². The smallest absolute Gasteiger partial charge is 0.251 e. The molecule has 0 spiro atoms. The van der Waals surface area contributed by atoms with Crippen molar-refractivity contribution in [3.05, 3.63) is 0 Å². The summed E-state index contributed by atoms with van der Waals surface area (Å²) in [5.74, 6) is 1.13. The zero-order valence-electron chi connectivity index (χ0n) is 18.9. The molecule has 3 fully saturated rings. The average Bonchev–Trinajstić information content (AvgIpc) is 3.31. The fourth-order valence-corrected chi connectivity index (χ4v) is 4.44. The van der Waals surface area contributed by atoms with Crippen molar-refractivity contribution in [3.63, 3.8) is 0 Å². The van der Waals surface area contributed by atoms with E-state index in [-0.39, 0.29) is 36.0 Å². The van der Waals surface area contributed by atoms with Crippen LogP contribution < -0.4 is 5.32 Å². The van der Waals surface area contributed by atoms with Gasteiger partial charge in [-0.15, -0.1) is 24.0 Å². The fraction of sp³-hybridized carbons (Fsp3) is 0.905. The van der Waals surface area contributed by atoms with Gasteiger partial charge in [-0.1, -0.05) is 6.92 Å². The van der Waals surface area contributed by atoms with Crippen molar-refractivity contribution in [1.82, 2.24) is 24.9 Å². The number of piperazine rings is 2. The van der Waals surface area contributed by atoms with Gasteiger partial charge in [0, 0.05) is 72.6 Å². The number of rotatable bonds is 7. The molecule has 3 aliphatic heterocycles. The van der Waals surface area contributed by atoms with Gasteiger partial charge in [-0.05, 0) is 38.8 Å². The summed E-state index contributed by atoms with van der Waals surface area (Å²) in [6.45, 7) is 14.3. The lowest BCUT2D eigenvalue weighted by Crippen LogP contribution is -2.55. The zero-order chi connectivity index (χ0) is 20.5. The first-order chi connectivity index (χ1) is 14.2. The number of aliphatic imine (C=N–C) groups is 1. The number of carbonyl (C=O) groups excluding carboxylic acids is 1. The number of hydrogen-bond acceptors (Lipinski definition) is 5. The second-order valence-corrected chi connectivity index (χ2v) is 8.27. The zero-order valence-corrected chi connectivity index (χ0v) is 21.2. The molecular formula is C21H41IN6O2. The summed E-state index contributed by atoms with van der Waals surface area (Å²) in [6.07, 6.45) is 4.05. The summed E-state index contributed by atoms with van der Waals surface area (Å²) in [4.78, 5) is 26.3. The summed E-state index contributed by atoms with van der Waals surface area (Å²) in [5.41, 5.74) is 0. The molecule has 0 bridgehead atoms. The van der Waals surface area contributed by atoms with E-state index in [4.69, 9.17) is 4.74 Å². The molecule has 1 N–H and O–H groups in total. The molecule has 3 rings (SSSR count). The summed E-state index contributed by atoms with van der Waals surface area (Å²) < 4.78 is 5.55. The Morgan fingerprint density at radius 1 is 1.00 bits per heavy atom. The molecule has 1 atom stereocenters. The van der Waals surface area contributed by atoms with Crippen molar-refractivity contribution in [2.45, 2.75) is 38.7 Å². The van der Waals surface area contributed by atoms with E-state index in [0.29, 0.717) is 0 Å². The number of amides is 1. The Balaban J connectivity index is 0.00000320. The summed E-state index contributed by atoms with van der Waals surface area (Å²) >= 11 is 0. The van der Waals surface area contributed by atoms with Crippen molar-refractivity contribution < 1.29 is 9.53 Å². The standard InChI is InChI=1S/C21H40N6O2.HI/c1-3-24-10-12-25(13-11-24)9-5-4-8-23-21(22-2)27-16-14-26(15-17-27)20(28)19-7-6-18-29-19;/h19H,3-18H2,1-2H3,(H,22,23);1H. The summed E-state index contributed by atoms with van der Waals surface area (Å²) in [6, 6.07) is 0. The third kappa shape index (κ3) is 7.49. The maximum Gasteiger partial charge on any atom is 0.251 e. The largest absolute Gasteiger partial charge is 0.368 e. The molecule has 30 heavy (non-hydrogen) atoms. The number of guanidine groups is 1. The van der Waals surface area contributed by atoms with Crippen LogP contribution >= 0.6 is 24.0 Å². The molecule has 1 amide bonds. The Morgan fingerprint density at radius 2 is 1.67 bits per heavy atom. The average molecular weight is 537 g/mol. The van der Waals surface area contributed by atoms with Crippen LogP contribution in [0.1, 0.15) is 32.6 Å². The molecular weight excluding hydrogens is 495 g/mol. The van der Waals surface area contributed by atoms with Crippen molar-refractivity contribution in [2.75, 3.05) is 85.6 Å². The molecule has 3 saturated heterocycles. The van der Waals surface area contributed by atoms with Gasteiger partial charge < -0.3 is 29.7 Å². The number of nitrogens with zero attached hydrogens (tertiary/aromatic N) is 5. The van der Waals surface area contributed by atoms with Gasteiger partial charge in [0.05, 0.1) is 0 Å². The lowest BCUT2D eigenvalue weighted by atomic mass is 10.2. The number of ether oxygens (including phenoxy) is 1. The van der Waals surface area contributed by atoms with Crippen LogP contribution in [-0.2, 0) is 9.53 Å². The van der Waals surface area contributed by atoms with E-state index in [1.807, 2.05) is 11.9 Å². The minimum absolute atomic E-state index is 0. The second kappa shape index (κ2) is 13.7. The van der Waals surface area contributed by atoms with E-state index in [1.54, 1.807) is 0 Å². The number of nitrogens with one attached hydrogen (secondary N) is 1. The number of likely N-dealkylation sites (N-methyl/N-ethyl adjacent to an activating group) is 1. The maximum atomic E-state index is 12.5. The molecule has 0 aromatic rings. The van der Waals surface area contributed by atoms with Crippen LogP contribution in [0.2, 0.25) is 0 Å². The van der Waals surface area contributed by atoms with E-state index in [9.17, 15) is 4.79 Å². The van der Waals surface area contributed by atoms with Gasteiger partial charge in [-0.2, -0.15) is 0 Å². The molecule has 3 aliphatic rings. The molecule has 0 aliphatic carbocycles. The summed E-state index contributed by atoms with van der Waals surface area (Å²) in [7, 11) is 1.85. The Bertz CT molecular complexity index is 528. The molecule has 0 saturated carbocycles. The minimum atomic E-state index is -0.205. The van der Waals surface area contributed by atoms with Crippen LogP contribution in [0.15, 0.2) is 4.99 Å². The molecule has 0 aromatic heterocycles. The first-order valence-corrected chi connectivity index (χ1v) is 11.5. The van der Waals surface area contributed by atoms with Crippen LogP contribution in [-0.4, -0.2) is 123 Å². The van der Waals surface area contributed by atoms with Gasteiger partial charge in [0.2, 0.25) is 0 Å². The minimum Gasteiger partial charge on any atom is -0.368 e. The van der Waals surface area contributed by atoms with Crippen LogP contribution in [0.3, 0.4) is 0 Å².